The van der Waals surface area contributed by atoms with Gasteiger partial charge in [0.25, 0.3) is 5.91 Å². The number of carbonyl (C=O) groups is 1. The van der Waals surface area contributed by atoms with Crippen molar-refractivity contribution >= 4 is 22.4 Å². The van der Waals surface area contributed by atoms with Crippen LogP contribution in [0, 0.1) is 11.6 Å². The fourth-order valence-electron chi connectivity index (χ4n) is 3.32. The van der Waals surface area contributed by atoms with Crippen molar-refractivity contribution in [1.29, 1.82) is 0 Å². The zero-order valence-corrected chi connectivity index (χ0v) is 16.6. The van der Waals surface area contributed by atoms with E-state index in [1.807, 2.05) is 11.4 Å². The number of benzene rings is 2. The van der Waals surface area contributed by atoms with Crippen LogP contribution in [0.1, 0.15) is 27.2 Å². The molecule has 0 aliphatic carbocycles. The summed E-state index contributed by atoms with van der Waals surface area (Å²) in [6.07, 6.45) is 0.941. The van der Waals surface area contributed by atoms with Crippen molar-refractivity contribution in [2.45, 2.75) is 19.5 Å². The molecule has 0 radical (unpaired) electrons. The van der Waals surface area contributed by atoms with E-state index >= 15 is 0 Å². The van der Waals surface area contributed by atoms with E-state index in [9.17, 15) is 13.6 Å². The highest BCUT2D eigenvalue weighted by Crippen LogP contribution is 2.25. The monoisotopic (exact) mass is 415 g/mol. The Kier molecular flexibility index (Phi) is 5.55. The molecule has 5 nitrogen and oxygen atoms in total. The molecule has 150 valence electrons. The van der Waals surface area contributed by atoms with Crippen molar-refractivity contribution < 1.29 is 18.3 Å². The number of ether oxygens (including phenoxy) is 1. The predicted molar refractivity (Wildman–Crippen MR) is 107 cm³/mol. The summed E-state index contributed by atoms with van der Waals surface area (Å²) in [7, 11) is 1.67. The van der Waals surface area contributed by atoms with Crippen LogP contribution in [-0.4, -0.2) is 29.4 Å². The van der Waals surface area contributed by atoms with Gasteiger partial charge in [0.2, 0.25) is 0 Å². The van der Waals surface area contributed by atoms with E-state index in [4.69, 9.17) is 4.74 Å². The Morgan fingerprint density at radius 1 is 1.21 bits per heavy atom. The van der Waals surface area contributed by atoms with Crippen LogP contribution in [-0.2, 0) is 19.5 Å². The summed E-state index contributed by atoms with van der Waals surface area (Å²) in [5.41, 5.74) is 3.48. The van der Waals surface area contributed by atoms with Crippen molar-refractivity contribution in [2.24, 2.45) is 0 Å². The molecule has 0 spiro atoms. The number of anilines is 1. The molecule has 0 fully saturated rings. The Bertz CT molecular complexity index is 1050. The third-order valence-corrected chi connectivity index (χ3v) is 5.65. The number of nitrogens with one attached hydrogen (secondary N) is 1. The lowest BCUT2D eigenvalue weighted by Crippen LogP contribution is -2.30. The molecule has 0 atom stereocenters. The molecule has 1 aliphatic heterocycles. The van der Waals surface area contributed by atoms with Gasteiger partial charge >= 0.3 is 0 Å². The van der Waals surface area contributed by atoms with E-state index < -0.39 is 17.5 Å². The van der Waals surface area contributed by atoms with Crippen LogP contribution in [0.4, 0.5) is 13.9 Å². The van der Waals surface area contributed by atoms with Gasteiger partial charge in [-0.05, 0) is 47.9 Å². The summed E-state index contributed by atoms with van der Waals surface area (Å²) >= 11 is 1.30. The quantitative estimate of drug-likeness (QED) is 0.677. The first kappa shape index (κ1) is 19.5. The first-order valence-corrected chi connectivity index (χ1v) is 9.99. The lowest BCUT2D eigenvalue weighted by Gasteiger charge is -2.28. The second kappa shape index (κ2) is 8.26. The standard InChI is InChI=1S/C21H19F2N3O2S/c1-28-17-4-2-15-10-26(7-6-13(15)8-17)11-16-12-29-21(24-16)25-20(27)14-3-5-18(22)19(23)9-14/h2-5,8-9,12H,6-7,10-11H2,1H3,(H,24,25,27). The Morgan fingerprint density at radius 3 is 2.86 bits per heavy atom. The number of halogens is 2. The number of hydrogen-bond donors (Lipinski definition) is 1. The smallest absolute Gasteiger partial charge is 0.257 e. The number of nitrogens with zero attached hydrogens (tertiary/aromatic N) is 2. The van der Waals surface area contributed by atoms with Crippen LogP contribution in [0.25, 0.3) is 0 Å². The van der Waals surface area contributed by atoms with Gasteiger partial charge in [0.1, 0.15) is 5.75 Å². The molecule has 29 heavy (non-hydrogen) atoms. The molecule has 1 amide bonds. The third kappa shape index (κ3) is 4.44. The van der Waals surface area contributed by atoms with Crippen LogP contribution in [0.5, 0.6) is 5.75 Å². The number of hydrogen-bond acceptors (Lipinski definition) is 5. The summed E-state index contributed by atoms with van der Waals surface area (Å²) in [5.74, 6) is -1.69. The van der Waals surface area contributed by atoms with Crippen LogP contribution in [0.2, 0.25) is 0 Å². The maximum Gasteiger partial charge on any atom is 0.257 e. The van der Waals surface area contributed by atoms with Crippen molar-refractivity contribution in [2.75, 3.05) is 19.0 Å². The number of amides is 1. The highest BCUT2D eigenvalue weighted by molar-refractivity contribution is 7.13. The van der Waals surface area contributed by atoms with Gasteiger partial charge in [0.15, 0.2) is 16.8 Å². The Morgan fingerprint density at radius 2 is 2.07 bits per heavy atom. The van der Waals surface area contributed by atoms with E-state index in [1.54, 1.807) is 7.11 Å². The number of thiazole rings is 1. The average molecular weight is 415 g/mol. The van der Waals surface area contributed by atoms with Gasteiger partial charge in [-0.3, -0.25) is 15.0 Å². The second-order valence-electron chi connectivity index (χ2n) is 6.82. The van der Waals surface area contributed by atoms with Crippen molar-refractivity contribution in [3.8, 4) is 5.75 Å². The molecule has 0 saturated carbocycles. The van der Waals surface area contributed by atoms with Crippen molar-refractivity contribution in [1.82, 2.24) is 9.88 Å². The molecule has 1 N–H and O–H groups in total. The molecular weight excluding hydrogens is 396 g/mol. The van der Waals surface area contributed by atoms with Crippen LogP contribution >= 0.6 is 11.3 Å². The van der Waals surface area contributed by atoms with Gasteiger partial charge in [0.05, 0.1) is 12.8 Å². The molecule has 4 rings (SSSR count). The molecule has 8 heteroatoms. The third-order valence-electron chi connectivity index (χ3n) is 4.84. The molecule has 0 saturated heterocycles. The minimum atomic E-state index is -1.06. The summed E-state index contributed by atoms with van der Waals surface area (Å²) in [6, 6.07) is 9.19. The molecule has 3 aromatic rings. The largest absolute Gasteiger partial charge is 0.497 e. The molecule has 0 bridgehead atoms. The molecule has 0 unspecified atom stereocenters. The SMILES string of the molecule is COc1ccc2c(c1)CCN(Cc1csc(NC(=O)c3ccc(F)c(F)c3)n1)C2. The first-order valence-electron chi connectivity index (χ1n) is 9.11. The summed E-state index contributed by atoms with van der Waals surface area (Å²) in [5, 5.41) is 4.96. The molecule has 1 aromatic heterocycles. The van der Waals surface area contributed by atoms with E-state index in [0.717, 1.165) is 43.1 Å². The highest BCUT2D eigenvalue weighted by atomic mass is 32.1. The minimum Gasteiger partial charge on any atom is -0.497 e. The van der Waals surface area contributed by atoms with E-state index in [1.165, 1.54) is 28.5 Å². The number of carbonyl (C=O) groups excluding carboxylic acids is 1. The molecule has 2 heterocycles. The van der Waals surface area contributed by atoms with Gasteiger partial charge in [-0.25, -0.2) is 13.8 Å². The van der Waals surface area contributed by atoms with Gasteiger partial charge in [-0.15, -0.1) is 11.3 Å². The van der Waals surface area contributed by atoms with Gasteiger partial charge in [0, 0.05) is 30.6 Å². The average Bonchev–Trinajstić information content (AvgIpc) is 3.16. The number of methoxy groups -OCH3 is 1. The lowest BCUT2D eigenvalue weighted by atomic mass is 9.99. The van der Waals surface area contributed by atoms with Crippen LogP contribution < -0.4 is 10.1 Å². The maximum atomic E-state index is 13.3. The molecule has 1 aliphatic rings. The second-order valence-corrected chi connectivity index (χ2v) is 7.68. The topological polar surface area (TPSA) is 54.5 Å². The predicted octanol–water partition coefficient (Wildman–Crippen LogP) is 4.24. The zero-order valence-electron chi connectivity index (χ0n) is 15.7. The lowest BCUT2D eigenvalue weighted by molar-refractivity contribution is 0.102. The number of aromatic nitrogens is 1. The zero-order chi connectivity index (χ0) is 20.4. The Labute approximate surface area is 171 Å². The number of fused-ring (bicyclic) bond motifs is 1. The number of rotatable bonds is 5. The minimum absolute atomic E-state index is 0.0451. The Balaban J connectivity index is 1.38. The summed E-state index contributed by atoms with van der Waals surface area (Å²) < 4.78 is 31.6. The van der Waals surface area contributed by atoms with Crippen LogP contribution in [0.3, 0.4) is 0 Å². The Hall–Kier alpha value is -2.84. The van der Waals surface area contributed by atoms with E-state index in [2.05, 4.69) is 27.3 Å². The first-order chi connectivity index (χ1) is 14.0. The van der Waals surface area contributed by atoms with Gasteiger partial charge in [-0.2, -0.15) is 0 Å². The molecule has 2 aromatic carbocycles. The van der Waals surface area contributed by atoms with Gasteiger partial charge in [-0.1, -0.05) is 6.07 Å². The van der Waals surface area contributed by atoms with Crippen molar-refractivity contribution in [3.05, 3.63) is 75.8 Å². The maximum absolute atomic E-state index is 13.3. The summed E-state index contributed by atoms with van der Waals surface area (Å²) in [4.78, 5) is 19.0. The van der Waals surface area contributed by atoms with Crippen LogP contribution in [0.15, 0.2) is 41.8 Å². The van der Waals surface area contributed by atoms with E-state index in [-0.39, 0.29) is 5.56 Å². The van der Waals surface area contributed by atoms with Gasteiger partial charge < -0.3 is 4.74 Å². The van der Waals surface area contributed by atoms with E-state index in [0.29, 0.717) is 11.7 Å². The normalized spacial score (nSPS) is 13.8. The summed E-state index contributed by atoms with van der Waals surface area (Å²) in [6.45, 7) is 2.41. The fourth-order valence-corrected chi connectivity index (χ4v) is 4.02. The van der Waals surface area contributed by atoms with Crippen molar-refractivity contribution in [3.63, 3.8) is 0 Å². The highest BCUT2D eigenvalue weighted by Gasteiger charge is 2.18. The molecular formula is C21H19F2N3O2S. The fraction of sp³-hybridized carbons (Fsp3) is 0.238.